The number of nitrogens with zero attached hydrogens (tertiary/aromatic N) is 4. The Labute approximate surface area is 192 Å². The van der Waals surface area contributed by atoms with Crippen molar-refractivity contribution in [3.63, 3.8) is 0 Å². The SMILES string of the molecule is Cc1ccc(N2CC(c3nnc(NC(=O)c4cccc(C)c4[N+](=O)[O-])s3)CC2=O)cc1Cl. The van der Waals surface area contributed by atoms with Crippen molar-refractivity contribution >= 4 is 51.3 Å². The molecule has 2 amide bonds. The van der Waals surface area contributed by atoms with Gasteiger partial charge in [-0.15, -0.1) is 10.2 Å². The molecule has 1 aliphatic heterocycles. The van der Waals surface area contributed by atoms with Crippen molar-refractivity contribution in [2.24, 2.45) is 0 Å². The maximum atomic E-state index is 12.6. The fourth-order valence-electron chi connectivity index (χ4n) is 3.57. The summed E-state index contributed by atoms with van der Waals surface area (Å²) < 4.78 is 0. The lowest BCUT2D eigenvalue weighted by atomic mass is 10.1. The van der Waals surface area contributed by atoms with Gasteiger partial charge in [0.1, 0.15) is 10.6 Å². The smallest absolute Gasteiger partial charge is 0.285 e. The Kier molecular flexibility index (Phi) is 5.90. The zero-order valence-corrected chi connectivity index (χ0v) is 18.7. The van der Waals surface area contributed by atoms with Gasteiger partial charge in [0.05, 0.1) is 4.92 Å². The third-order valence-electron chi connectivity index (χ3n) is 5.27. The number of carbonyl (C=O) groups excluding carboxylic acids is 2. The molecule has 1 fully saturated rings. The van der Waals surface area contributed by atoms with Gasteiger partial charge >= 0.3 is 0 Å². The summed E-state index contributed by atoms with van der Waals surface area (Å²) in [5.74, 6) is -0.869. The van der Waals surface area contributed by atoms with Crippen LogP contribution in [0.2, 0.25) is 5.02 Å². The molecule has 0 aliphatic carbocycles. The third kappa shape index (κ3) is 4.19. The number of aryl methyl sites for hydroxylation is 2. The van der Waals surface area contributed by atoms with E-state index in [1.165, 1.54) is 6.07 Å². The van der Waals surface area contributed by atoms with Crippen LogP contribution in [0.15, 0.2) is 36.4 Å². The molecule has 1 N–H and O–H groups in total. The molecule has 2 heterocycles. The van der Waals surface area contributed by atoms with E-state index in [2.05, 4.69) is 15.5 Å². The predicted octanol–water partition coefficient (Wildman–Crippen LogP) is 4.49. The molecule has 3 aromatic rings. The van der Waals surface area contributed by atoms with Gasteiger partial charge in [-0.3, -0.25) is 25.0 Å². The largest absolute Gasteiger partial charge is 0.312 e. The number of benzene rings is 2. The molecule has 1 aromatic heterocycles. The van der Waals surface area contributed by atoms with E-state index in [1.807, 2.05) is 19.1 Å². The Hall–Kier alpha value is -3.37. The number of halogens is 1. The fraction of sp³-hybridized carbons (Fsp3) is 0.238. The van der Waals surface area contributed by atoms with Crippen molar-refractivity contribution in [3.05, 3.63) is 73.2 Å². The summed E-state index contributed by atoms with van der Waals surface area (Å²) >= 11 is 7.34. The highest BCUT2D eigenvalue weighted by molar-refractivity contribution is 7.15. The molecular weight excluding hydrogens is 454 g/mol. The maximum Gasteiger partial charge on any atom is 0.285 e. The van der Waals surface area contributed by atoms with Crippen molar-refractivity contribution in [3.8, 4) is 0 Å². The number of amides is 2. The van der Waals surface area contributed by atoms with E-state index >= 15 is 0 Å². The summed E-state index contributed by atoms with van der Waals surface area (Å²) in [5, 5.41) is 23.5. The van der Waals surface area contributed by atoms with Crippen LogP contribution in [0.1, 0.15) is 38.8 Å². The summed E-state index contributed by atoms with van der Waals surface area (Å²) in [6, 6.07) is 10.0. The highest BCUT2D eigenvalue weighted by Crippen LogP contribution is 2.35. The highest BCUT2D eigenvalue weighted by atomic mass is 35.5. The average Bonchev–Trinajstić information content (AvgIpc) is 3.36. The van der Waals surface area contributed by atoms with Gasteiger partial charge in [-0.2, -0.15) is 0 Å². The number of carbonyl (C=O) groups is 2. The molecule has 1 unspecified atom stereocenters. The lowest BCUT2D eigenvalue weighted by molar-refractivity contribution is -0.385. The number of rotatable bonds is 5. The molecule has 1 atom stereocenters. The van der Waals surface area contributed by atoms with Gasteiger partial charge in [-0.1, -0.05) is 41.1 Å². The van der Waals surface area contributed by atoms with Gasteiger partial charge < -0.3 is 4.90 Å². The number of nitro groups is 1. The molecule has 0 radical (unpaired) electrons. The van der Waals surface area contributed by atoms with Crippen LogP contribution in [0.4, 0.5) is 16.5 Å². The first-order valence-corrected chi connectivity index (χ1v) is 10.9. The van der Waals surface area contributed by atoms with Crippen LogP contribution in [-0.4, -0.2) is 33.5 Å². The topological polar surface area (TPSA) is 118 Å². The third-order valence-corrected chi connectivity index (χ3v) is 6.68. The van der Waals surface area contributed by atoms with Crippen LogP contribution in [0.5, 0.6) is 0 Å². The van der Waals surface area contributed by atoms with Crippen LogP contribution in [0.3, 0.4) is 0 Å². The molecule has 2 aromatic carbocycles. The Bertz CT molecular complexity index is 1240. The number of anilines is 2. The van der Waals surface area contributed by atoms with Crippen LogP contribution >= 0.6 is 22.9 Å². The Balaban J connectivity index is 1.49. The molecule has 0 saturated carbocycles. The molecule has 0 bridgehead atoms. The summed E-state index contributed by atoms with van der Waals surface area (Å²) in [6.45, 7) is 3.88. The van der Waals surface area contributed by atoms with E-state index in [0.29, 0.717) is 22.1 Å². The van der Waals surface area contributed by atoms with Crippen LogP contribution in [0.25, 0.3) is 0 Å². The lowest BCUT2D eigenvalue weighted by Crippen LogP contribution is -2.24. The first kappa shape index (κ1) is 21.8. The normalized spacial score (nSPS) is 15.8. The van der Waals surface area contributed by atoms with E-state index < -0.39 is 10.8 Å². The van der Waals surface area contributed by atoms with Gasteiger partial charge in [0.15, 0.2) is 0 Å². The molecule has 0 spiro atoms. The van der Waals surface area contributed by atoms with Crippen LogP contribution < -0.4 is 10.2 Å². The molecule has 9 nitrogen and oxygen atoms in total. The number of para-hydroxylation sites is 1. The summed E-state index contributed by atoms with van der Waals surface area (Å²) in [4.78, 5) is 37.6. The number of hydrogen-bond donors (Lipinski definition) is 1. The van der Waals surface area contributed by atoms with Crippen molar-refractivity contribution in [1.29, 1.82) is 0 Å². The van der Waals surface area contributed by atoms with Gasteiger partial charge in [0.25, 0.3) is 11.6 Å². The zero-order valence-electron chi connectivity index (χ0n) is 17.2. The van der Waals surface area contributed by atoms with Crippen LogP contribution in [0, 0.1) is 24.0 Å². The molecule has 11 heteroatoms. The number of nitrogens with one attached hydrogen (secondary N) is 1. The van der Waals surface area contributed by atoms with Crippen molar-refractivity contribution in [2.75, 3.05) is 16.8 Å². The van der Waals surface area contributed by atoms with Gasteiger partial charge in [-0.25, -0.2) is 0 Å². The Morgan fingerprint density at radius 2 is 2.03 bits per heavy atom. The van der Waals surface area contributed by atoms with Gasteiger partial charge in [0.2, 0.25) is 11.0 Å². The van der Waals surface area contributed by atoms with Crippen molar-refractivity contribution in [1.82, 2.24) is 10.2 Å². The fourth-order valence-corrected chi connectivity index (χ4v) is 4.58. The monoisotopic (exact) mass is 471 g/mol. The maximum absolute atomic E-state index is 12.6. The Morgan fingerprint density at radius 3 is 2.75 bits per heavy atom. The number of nitro benzene ring substituents is 1. The number of hydrogen-bond acceptors (Lipinski definition) is 7. The summed E-state index contributed by atoms with van der Waals surface area (Å²) in [6.07, 6.45) is 0.261. The van der Waals surface area contributed by atoms with E-state index in [4.69, 9.17) is 11.6 Å². The highest BCUT2D eigenvalue weighted by Gasteiger charge is 2.34. The second kappa shape index (κ2) is 8.64. The van der Waals surface area contributed by atoms with E-state index in [9.17, 15) is 19.7 Å². The minimum atomic E-state index is -0.637. The van der Waals surface area contributed by atoms with Gasteiger partial charge in [0, 0.05) is 35.2 Å². The number of aromatic nitrogens is 2. The van der Waals surface area contributed by atoms with Gasteiger partial charge in [-0.05, 0) is 37.6 Å². The predicted molar refractivity (Wildman–Crippen MR) is 122 cm³/mol. The summed E-state index contributed by atoms with van der Waals surface area (Å²) in [7, 11) is 0. The van der Waals surface area contributed by atoms with E-state index in [0.717, 1.165) is 22.6 Å². The molecule has 164 valence electrons. The Morgan fingerprint density at radius 1 is 1.25 bits per heavy atom. The minimum Gasteiger partial charge on any atom is -0.312 e. The molecular formula is C21H18ClN5O4S. The lowest BCUT2D eigenvalue weighted by Gasteiger charge is -2.17. The second-order valence-corrected chi connectivity index (χ2v) is 8.88. The average molecular weight is 472 g/mol. The van der Waals surface area contributed by atoms with Crippen molar-refractivity contribution in [2.45, 2.75) is 26.2 Å². The van der Waals surface area contributed by atoms with E-state index in [1.54, 1.807) is 30.0 Å². The molecule has 1 saturated heterocycles. The van der Waals surface area contributed by atoms with Crippen LogP contribution in [-0.2, 0) is 4.79 Å². The zero-order chi connectivity index (χ0) is 23.0. The van der Waals surface area contributed by atoms with E-state index in [-0.39, 0.29) is 34.6 Å². The quantitative estimate of drug-likeness (QED) is 0.432. The minimum absolute atomic E-state index is 0.0499. The molecule has 4 rings (SSSR count). The summed E-state index contributed by atoms with van der Waals surface area (Å²) in [5.41, 5.74) is 1.74. The molecule has 1 aliphatic rings. The van der Waals surface area contributed by atoms with Crippen molar-refractivity contribution < 1.29 is 14.5 Å². The standard InChI is InChI=1S/C21H18ClN5O4S/c1-11-6-7-14(9-16(11)22)26-10-13(8-17(26)28)20-24-25-21(32-20)23-19(29)15-5-3-4-12(2)18(15)27(30)31/h3-7,9,13H,8,10H2,1-2H3,(H,23,25,29). The molecule has 32 heavy (non-hydrogen) atoms. The second-order valence-electron chi connectivity index (χ2n) is 7.47. The first-order valence-electron chi connectivity index (χ1n) is 9.70. The first-order chi connectivity index (χ1) is 15.2.